The van der Waals surface area contributed by atoms with Crippen LogP contribution >= 0.6 is 22.7 Å². The zero-order valence-electron chi connectivity index (χ0n) is 12.5. The molecule has 0 saturated heterocycles. The molecule has 0 fully saturated rings. The fourth-order valence-corrected chi connectivity index (χ4v) is 4.54. The van der Waals surface area contributed by atoms with Crippen molar-refractivity contribution in [2.75, 3.05) is 0 Å². The molecule has 3 nitrogen and oxygen atoms in total. The van der Waals surface area contributed by atoms with Crippen LogP contribution in [0.5, 0.6) is 0 Å². The Bertz CT molecular complexity index is 1070. The lowest BCUT2D eigenvalue weighted by molar-refractivity contribution is -0.117. The molecule has 5 heteroatoms. The average molecular weight is 338 g/mol. The van der Waals surface area contributed by atoms with E-state index in [0.29, 0.717) is 6.42 Å². The van der Waals surface area contributed by atoms with Gasteiger partial charge in [0.1, 0.15) is 0 Å². The Morgan fingerprint density at radius 3 is 2.83 bits per heavy atom. The molecule has 2 aromatic heterocycles. The van der Waals surface area contributed by atoms with Crippen LogP contribution in [0.15, 0.2) is 58.9 Å². The van der Waals surface area contributed by atoms with E-state index >= 15 is 0 Å². The van der Waals surface area contributed by atoms with Crippen molar-refractivity contribution >= 4 is 49.6 Å². The van der Waals surface area contributed by atoms with Crippen LogP contribution in [0.4, 0.5) is 0 Å². The highest BCUT2D eigenvalue weighted by Gasteiger charge is 2.09. The summed E-state index contributed by atoms with van der Waals surface area (Å²) in [5.74, 6) is -0.0982. The molecule has 114 valence electrons. The lowest BCUT2D eigenvalue weighted by Crippen LogP contribution is -2.13. The minimum atomic E-state index is -0.0982. The van der Waals surface area contributed by atoms with Crippen LogP contribution in [0.2, 0.25) is 0 Å². The van der Waals surface area contributed by atoms with E-state index in [9.17, 15) is 4.79 Å². The van der Waals surface area contributed by atoms with Crippen molar-refractivity contribution in [1.29, 1.82) is 0 Å². The number of nitrogens with zero attached hydrogens (tertiary/aromatic N) is 2. The van der Waals surface area contributed by atoms with Gasteiger partial charge in [0, 0.05) is 17.3 Å². The third-order valence-electron chi connectivity index (χ3n) is 3.83. The standard InChI is InChI=1S/C18H14N2OS2/c1-20-15-9-8-12-5-2-3-7-14(12)17(15)23-18(20)19-16(21)11-13-6-4-10-22-13/h2-10H,11H2,1H3. The number of carbonyl (C=O) groups is 1. The number of fused-ring (bicyclic) bond motifs is 3. The van der Waals surface area contributed by atoms with Gasteiger partial charge in [-0.3, -0.25) is 4.79 Å². The van der Waals surface area contributed by atoms with E-state index in [-0.39, 0.29) is 5.91 Å². The zero-order chi connectivity index (χ0) is 15.8. The Morgan fingerprint density at radius 2 is 2.00 bits per heavy atom. The van der Waals surface area contributed by atoms with E-state index in [4.69, 9.17) is 0 Å². The molecule has 2 heterocycles. The molecule has 4 rings (SSSR count). The van der Waals surface area contributed by atoms with Gasteiger partial charge in [-0.2, -0.15) is 4.99 Å². The molecule has 0 unspecified atom stereocenters. The van der Waals surface area contributed by atoms with Crippen LogP contribution in [-0.4, -0.2) is 10.5 Å². The number of carbonyl (C=O) groups excluding carboxylic acids is 1. The van der Waals surface area contributed by atoms with Crippen LogP contribution in [-0.2, 0) is 18.3 Å². The summed E-state index contributed by atoms with van der Waals surface area (Å²) >= 11 is 3.16. The summed E-state index contributed by atoms with van der Waals surface area (Å²) in [5, 5.41) is 4.39. The molecule has 0 aliphatic carbocycles. The summed E-state index contributed by atoms with van der Waals surface area (Å²) in [7, 11) is 1.96. The molecule has 0 spiro atoms. The van der Waals surface area contributed by atoms with Crippen LogP contribution in [0, 0.1) is 0 Å². The Hall–Kier alpha value is -2.24. The Labute approximate surface area is 141 Å². The average Bonchev–Trinajstić information content (AvgIpc) is 3.16. The maximum Gasteiger partial charge on any atom is 0.253 e. The van der Waals surface area contributed by atoms with Gasteiger partial charge in [-0.15, -0.1) is 11.3 Å². The highest BCUT2D eigenvalue weighted by molar-refractivity contribution is 7.17. The number of hydrogen-bond donors (Lipinski definition) is 0. The van der Waals surface area contributed by atoms with Crippen molar-refractivity contribution in [1.82, 2.24) is 4.57 Å². The number of hydrogen-bond acceptors (Lipinski definition) is 3. The molecule has 4 aromatic rings. The minimum absolute atomic E-state index is 0.0982. The van der Waals surface area contributed by atoms with E-state index in [1.807, 2.05) is 41.3 Å². The van der Waals surface area contributed by atoms with Crippen molar-refractivity contribution in [3.63, 3.8) is 0 Å². The van der Waals surface area contributed by atoms with E-state index in [0.717, 1.165) is 15.2 Å². The first-order chi connectivity index (χ1) is 11.2. The first-order valence-corrected chi connectivity index (χ1v) is 8.99. The second kappa shape index (κ2) is 5.76. The third kappa shape index (κ3) is 2.62. The number of thiazole rings is 1. The fraction of sp³-hybridized carbons (Fsp3) is 0.111. The van der Waals surface area contributed by atoms with Crippen molar-refractivity contribution in [3.05, 3.63) is 63.6 Å². The summed E-state index contributed by atoms with van der Waals surface area (Å²) < 4.78 is 3.17. The van der Waals surface area contributed by atoms with Crippen molar-refractivity contribution in [2.45, 2.75) is 6.42 Å². The molecule has 0 aliphatic rings. The second-order valence-corrected chi connectivity index (χ2v) is 7.35. The van der Waals surface area contributed by atoms with E-state index in [1.165, 1.54) is 15.5 Å². The van der Waals surface area contributed by atoms with E-state index in [2.05, 4.69) is 29.3 Å². The van der Waals surface area contributed by atoms with Crippen molar-refractivity contribution in [3.8, 4) is 0 Å². The monoisotopic (exact) mass is 338 g/mol. The van der Waals surface area contributed by atoms with Gasteiger partial charge in [0.05, 0.1) is 16.6 Å². The highest BCUT2D eigenvalue weighted by atomic mass is 32.1. The zero-order valence-corrected chi connectivity index (χ0v) is 14.2. The van der Waals surface area contributed by atoms with Crippen LogP contribution in [0.25, 0.3) is 21.0 Å². The summed E-state index contributed by atoms with van der Waals surface area (Å²) in [6, 6.07) is 16.4. The molecule has 2 aromatic carbocycles. The molecule has 1 amide bonds. The molecule has 0 radical (unpaired) electrons. The smallest absolute Gasteiger partial charge is 0.253 e. The minimum Gasteiger partial charge on any atom is -0.319 e. The quantitative estimate of drug-likeness (QED) is 0.541. The van der Waals surface area contributed by atoms with Gasteiger partial charge in [0.25, 0.3) is 5.91 Å². The first-order valence-electron chi connectivity index (χ1n) is 7.29. The van der Waals surface area contributed by atoms with Crippen molar-refractivity contribution in [2.24, 2.45) is 12.0 Å². The van der Waals surface area contributed by atoms with Gasteiger partial charge >= 0.3 is 0 Å². The number of rotatable bonds is 2. The number of aromatic nitrogens is 1. The SMILES string of the molecule is Cn1c(=NC(=O)Cc2cccs2)sc2c3ccccc3ccc21. The van der Waals surface area contributed by atoms with Crippen LogP contribution in [0.3, 0.4) is 0 Å². The highest BCUT2D eigenvalue weighted by Crippen LogP contribution is 2.27. The molecular weight excluding hydrogens is 324 g/mol. The van der Waals surface area contributed by atoms with Gasteiger partial charge in [-0.05, 0) is 22.9 Å². The number of aryl methyl sites for hydroxylation is 1. The first kappa shape index (κ1) is 14.4. The van der Waals surface area contributed by atoms with Crippen LogP contribution in [0.1, 0.15) is 4.88 Å². The Kier molecular flexibility index (Phi) is 3.59. The number of thiophene rings is 1. The lowest BCUT2D eigenvalue weighted by atomic mass is 10.1. The Balaban J connectivity index is 1.84. The summed E-state index contributed by atoms with van der Waals surface area (Å²) in [5.41, 5.74) is 1.11. The van der Waals surface area contributed by atoms with Gasteiger partial charge in [0.2, 0.25) is 0 Å². The van der Waals surface area contributed by atoms with E-state index in [1.54, 1.807) is 22.7 Å². The molecule has 0 atom stereocenters. The molecule has 0 aliphatic heterocycles. The maximum atomic E-state index is 12.2. The summed E-state index contributed by atoms with van der Waals surface area (Å²) in [6.45, 7) is 0. The third-order valence-corrected chi connectivity index (χ3v) is 5.88. The lowest BCUT2D eigenvalue weighted by Gasteiger charge is -1.99. The summed E-state index contributed by atoms with van der Waals surface area (Å²) in [6.07, 6.45) is 0.368. The summed E-state index contributed by atoms with van der Waals surface area (Å²) in [4.78, 5) is 18.3. The molecule has 0 bridgehead atoms. The molecule has 23 heavy (non-hydrogen) atoms. The molecule has 0 N–H and O–H groups in total. The van der Waals surface area contributed by atoms with Gasteiger partial charge < -0.3 is 4.57 Å². The predicted molar refractivity (Wildman–Crippen MR) is 96.9 cm³/mol. The Morgan fingerprint density at radius 1 is 1.13 bits per heavy atom. The normalized spacial score (nSPS) is 12.3. The van der Waals surface area contributed by atoms with Crippen LogP contribution < -0.4 is 4.80 Å². The second-order valence-electron chi connectivity index (χ2n) is 5.34. The van der Waals surface area contributed by atoms with Gasteiger partial charge in [0.15, 0.2) is 4.80 Å². The van der Waals surface area contributed by atoms with E-state index < -0.39 is 0 Å². The van der Waals surface area contributed by atoms with Gasteiger partial charge in [-0.1, -0.05) is 47.7 Å². The number of benzene rings is 2. The maximum absolute atomic E-state index is 12.2. The molecular formula is C18H14N2OS2. The fourth-order valence-electron chi connectivity index (χ4n) is 2.67. The topological polar surface area (TPSA) is 34.4 Å². The van der Waals surface area contributed by atoms with Crippen molar-refractivity contribution < 1.29 is 4.79 Å². The van der Waals surface area contributed by atoms with Gasteiger partial charge in [-0.25, -0.2) is 0 Å². The number of amides is 1. The molecule has 0 saturated carbocycles. The predicted octanol–water partition coefficient (Wildman–Crippen LogP) is 4.12. The largest absolute Gasteiger partial charge is 0.319 e.